The summed E-state index contributed by atoms with van der Waals surface area (Å²) in [6.45, 7) is 4.16. The smallest absolute Gasteiger partial charge is 0.319 e. The van der Waals surface area contributed by atoms with Crippen LogP contribution >= 0.6 is 0 Å². The molecule has 0 aromatic heterocycles. The van der Waals surface area contributed by atoms with Crippen LogP contribution in [-0.4, -0.2) is 18.0 Å². The molecule has 1 atom stereocenters. The molecule has 5 nitrogen and oxygen atoms in total. The molecular weight excluding hydrogens is 350 g/mol. The molecule has 148 valence electrons. The van der Waals surface area contributed by atoms with Crippen LogP contribution in [0.1, 0.15) is 61.5 Å². The Morgan fingerprint density at radius 1 is 0.929 bits per heavy atom. The standard InChI is InChI=1S/C23H29N3O2/c1-16(2)21(17-8-4-3-5-9-17)26-23(28)25-20-14-12-18(13-15-20)22(27)24-19-10-6-7-11-19/h3-5,8-9,12-16,19,21H,6-7,10-11H2,1-2H3,(H,24,27)(H2,25,26,28). The van der Waals surface area contributed by atoms with E-state index in [1.165, 1.54) is 12.8 Å². The van der Waals surface area contributed by atoms with Crippen LogP contribution in [0.5, 0.6) is 0 Å². The largest absolute Gasteiger partial charge is 0.349 e. The summed E-state index contributed by atoms with van der Waals surface area (Å²) in [7, 11) is 0. The maximum Gasteiger partial charge on any atom is 0.319 e. The third kappa shape index (κ3) is 5.35. The minimum atomic E-state index is -0.259. The molecule has 2 aromatic rings. The molecule has 0 heterocycles. The van der Waals surface area contributed by atoms with Crippen molar-refractivity contribution < 1.29 is 9.59 Å². The van der Waals surface area contributed by atoms with Crippen molar-refractivity contribution in [2.75, 3.05) is 5.32 Å². The SMILES string of the molecule is CC(C)C(NC(=O)Nc1ccc(C(=O)NC2CCCC2)cc1)c1ccccc1. The summed E-state index contributed by atoms with van der Waals surface area (Å²) in [5.74, 6) is 0.210. The zero-order valence-corrected chi connectivity index (χ0v) is 16.6. The van der Waals surface area contributed by atoms with Crippen LogP contribution in [0.25, 0.3) is 0 Å². The number of urea groups is 1. The van der Waals surface area contributed by atoms with Gasteiger partial charge in [-0.2, -0.15) is 0 Å². The lowest BCUT2D eigenvalue weighted by Gasteiger charge is -2.23. The van der Waals surface area contributed by atoms with Crippen LogP contribution in [0, 0.1) is 5.92 Å². The van der Waals surface area contributed by atoms with Crippen molar-refractivity contribution in [1.29, 1.82) is 0 Å². The zero-order chi connectivity index (χ0) is 19.9. The second-order valence-electron chi connectivity index (χ2n) is 7.76. The number of hydrogen-bond acceptors (Lipinski definition) is 2. The second kappa shape index (κ2) is 9.40. The summed E-state index contributed by atoms with van der Waals surface area (Å²) < 4.78 is 0. The minimum Gasteiger partial charge on any atom is -0.349 e. The summed E-state index contributed by atoms with van der Waals surface area (Å²) in [6, 6.07) is 16.9. The van der Waals surface area contributed by atoms with E-state index in [0.717, 1.165) is 18.4 Å². The van der Waals surface area contributed by atoms with Crippen molar-refractivity contribution in [3.05, 3.63) is 65.7 Å². The monoisotopic (exact) mass is 379 g/mol. The lowest BCUT2D eigenvalue weighted by molar-refractivity contribution is 0.0938. The maximum atomic E-state index is 12.4. The normalized spacial score (nSPS) is 15.2. The number of anilines is 1. The van der Waals surface area contributed by atoms with Crippen molar-refractivity contribution in [2.24, 2.45) is 5.92 Å². The first kappa shape index (κ1) is 19.9. The van der Waals surface area contributed by atoms with Crippen molar-refractivity contribution in [3.8, 4) is 0 Å². The van der Waals surface area contributed by atoms with Crippen LogP contribution in [0.4, 0.5) is 10.5 Å². The number of carbonyl (C=O) groups excluding carboxylic acids is 2. The predicted molar refractivity (Wildman–Crippen MR) is 112 cm³/mol. The van der Waals surface area contributed by atoms with E-state index in [4.69, 9.17) is 0 Å². The van der Waals surface area contributed by atoms with Crippen molar-refractivity contribution in [1.82, 2.24) is 10.6 Å². The molecule has 1 aliphatic rings. The first-order chi connectivity index (χ1) is 13.5. The molecule has 1 fully saturated rings. The van der Waals surface area contributed by atoms with E-state index in [2.05, 4.69) is 29.8 Å². The molecule has 0 saturated heterocycles. The van der Waals surface area contributed by atoms with Crippen molar-refractivity contribution in [3.63, 3.8) is 0 Å². The van der Waals surface area contributed by atoms with Gasteiger partial charge in [0.2, 0.25) is 0 Å². The van der Waals surface area contributed by atoms with Gasteiger partial charge in [0, 0.05) is 17.3 Å². The van der Waals surface area contributed by atoms with Crippen molar-refractivity contribution in [2.45, 2.75) is 51.6 Å². The van der Waals surface area contributed by atoms with Gasteiger partial charge in [-0.25, -0.2) is 4.79 Å². The third-order valence-electron chi connectivity index (χ3n) is 5.21. The molecule has 5 heteroatoms. The fraction of sp³-hybridized carbons (Fsp3) is 0.391. The summed E-state index contributed by atoms with van der Waals surface area (Å²) in [4.78, 5) is 24.7. The number of carbonyl (C=O) groups is 2. The molecule has 1 saturated carbocycles. The zero-order valence-electron chi connectivity index (χ0n) is 16.6. The fourth-order valence-corrected chi connectivity index (χ4v) is 3.65. The first-order valence-corrected chi connectivity index (χ1v) is 10.1. The average Bonchev–Trinajstić information content (AvgIpc) is 3.20. The molecule has 0 radical (unpaired) electrons. The number of amides is 3. The molecule has 28 heavy (non-hydrogen) atoms. The fourth-order valence-electron chi connectivity index (χ4n) is 3.65. The Bertz CT molecular complexity index is 781. The van der Waals surface area contributed by atoms with Gasteiger partial charge >= 0.3 is 6.03 Å². The highest BCUT2D eigenvalue weighted by molar-refractivity contribution is 5.95. The highest BCUT2D eigenvalue weighted by atomic mass is 16.2. The van der Waals surface area contributed by atoms with Gasteiger partial charge < -0.3 is 16.0 Å². The van der Waals surface area contributed by atoms with E-state index in [-0.39, 0.29) is 23.9 Å². The van der Waals surface area contributed by atoms with E-state index >= 15 is 0 Å². The molecule has 0 spiro atoms. The molecule has 3 rings (SSSR count). The number of benzene rings is 2. The molecule has 3 N–H and O–H groups in total. The van der Waals surface area contributed by atoms with Crippen LogP contribution in [0.3, 0.4) is 0 Å². The van der Waals surface area contributed by atoms with Gasteiger partial charge in [-0.1, -0.05) is 57.0 Å². The van der Waals surface area contributed by atoms with E-state index in [1.807, 2.05) is 30.3 Å². The molecule has 0 bridgehead atoms. The van der Waals surface area contributed by atoms with Gasteiger partial charge in [0.05, 0.1) is 6.04 Å². The third-order valence-corrected chi connectivity index (χ3v) is 5.21. The number of rotatable bonds is 6. The van der Waals surface area contributed by atoms with Crippen LogP contribution < -0.4 is 16.0 Å². The average molecular weight is 380 g/mol. The van der Waals surface area contributed by atoms with Crippen LogP contribution in [0.2, 0.25) is 0 Å². The summed E-state index contributed by atoms with van der Waals surface area (Å²) >= 11 is 0. The summed E-state index contributed by atoms with van der Waals surface area (Å²) in [5, 5.41) is 8.97. The number of nitrogens with one attached hydrogen (secondary N) is 3. The van der Waals surface area contributed by atoms with Gasteiger partial charge in [-0.05, 0) is 48.6 Å². The van der Waals surface area contributed by atoms with Gasteiger partial charge in [0.25, 0.3) is 5.91 Å². The van der Waals surface area contributed by atoms with E-state index in [1.54, 1.807) is 24.3 Å². The van der Waals surface area contributed by atoms with Crippen LogP contribution in [0.15, 0.2) is 54.6 Å². The summed E-state index contributed by atoms with van der Waals surface area (Å²) in [5.41, 5.74) is 2.35. The topological polar surface area (TPSA) is 70.2 Å². The lowest BCUT2D eigenvalue weighted by atomic mass is 9.96. The predicted octanol–water partition coefficient (Wildman–Crippen LogP) is 4.88. The van der Waals surface area contributed by atoms with E-state index < -0.39 is 0 Å². The van der Waals surface area contributed by atoms with Gasteiger partial charge in [-0.3, -0.25) is 4.79 Å². The highest BCUT2D eigenvalue weighted by Crippen LogP contribution is 2.22. The Labute approximate surface area is 166 Å². The van der Waals surface area contributed by atoms with Crippen molar-refractivity contribution >= 4 is 17.6 Å². The highest BCUT2D eigenvalue weighted by Gasteiger charge is 2.19. The van der Waals surface area contributed by atoms with E-state index in [0.29, 0.717) is 17.3 Å². The lowest BCUT2D eigenvalue weighted by Crippen LogP contribution is -2.35. The first-order valence-electron chi connectivity index (χ1n) is 10.1. The Kier molecular flexibility index (Phi) is 6.69. The number of hydrogen-bond donors (Lipinski definition) is 3. The van der Waals surface area contributed by atoms with Gasteiger partial charge in [-0.15, -0.1) is 0 Å². The Hall–Kier alpha value is -2.82. The summed E-state index contributed by atoms with van der Waals surface area (Å²) in [6.07, 6.45) is 4.49. The Balaban J connectivity index is 1.57. The molecule has 0 aliphatic heterocycles. The maximum absolute atomic E-state index is 12.4. The van der Waals surface area contributed by atoms with E-state index in [9.17, 15) is 9.59 Å². The van der Waals surface area contributed by atoms with Crippen LogP contribution in [-0.2, 0) is 0 Å². The molecule has 3 amide bonds. The Morgan fingerprint density at radius 2 is 1.57 bits per heavy atom. The molecule has 2 aromatic carbocycles. The molecular formula is C23H29N3O2. The quantitative estimate of drug-likeness (QED) is 0.669. The Morgan fingerprint density at radius 3 is 2.18 bits per heavy atom. The second-order valence-corrected chi connectivity index (χ2v) is 7.76. The van der Waals surface area contributed by atoms with Gasteiger partial charge in [0.15, 0.2) is 0 Å². The van der Waals surface area contributed by atoms with Gasteiger partial charge in [0.1, 0.15) is 0 Å². The minimum absolute atomic E-state index is 0.0492. The molecule has 1 unspecified atom stereocenters. The molecule has 1 aliphatic carbocycles.